The number of nitrogens with zero attached hydrogens (tertiary/aromatic N) is 4. The fourth-order valence-corrected chi connectivity index (χ4v) is 2.86. The van der Waals surface area contributed by atoms with E-state index in [2.05, 4.69) is 20.3 Å². The van der Waals surface area contributed by atoms with Crippen LogP contribution in [0, 0.1) is 5.92 Å². The van der Waals surface area contributed by atoms with Crippen LogP contribution >= 0.6 is 0 Å². The summed E-state index contributed by atoms with van der Waals surface area (Å²) in [4.78, 5) is 19.0. The molecule has 1 aliphatic rings. The quantitative estimate of drug-likeness (QED) is 0.888. The number of nitrogens with one attached hydrogen (secondary N) is 1. The van der Waals surface area contributed by atoms with Crippen LogP contribution in [0.4, 0.5) is 11.5 Å². The van der Waals surface area contributed by atoms with E-state index in [1.54, 1.807) is 25.5 Å². The van der Waals surface area contributed by atoms with Crippen molar-refractivity contribution in [2.24, 2.45) is 13.0 Å². The largest absolute Gasteiger partial charge is 0.396 e. The molecule has 122 valence electrons. The highest BCUT2D eigenvalue weighted by molar-refractivity contribution is 6.04. The van der Waals surface area contributed by atoms with Crippen LogP contribution in [0.25, 0.3) is 0 Å². The molecular formula is C16H21N5O2. The van der Waals surface area contributed by atoms with Gasteiger partial charge in [-0.15, -0.1) is 0 Å². The van der Waals surface area contributed by atoms with Crippen molar-refractivity contribution in [3.63, 3.8) is 0 Å². The second-order valence-corrected chi connectivity index (χ2v) is 5.78. The summed E-state index contributed by atoms with van der Waals surface area (Å²) in [6.45, 7) is 1.90. The molecule has 1 aliphatic heterocycles. The zero-order valence-electron chi connectivity index (χ0n) is 13.1. The highest BCUT2D eigenvalue weighted by Crippen LogP contribution is 2.27. The van der Waals surface area contributed by atoms with Crippen LogP contribution in [0.15, 0.2) is 30.6 Å². The molecule has 1 amide bonds. The Morgan fingerprint density at radius 2 is 2.13 bits per heavy atom. The Bertz CT molecular complexity index is 677. The van der Waals surface area contributed by atoms with Gasteiger partial charge in [0.25, 0.3) is 5.91 Å². The number of rotatable bonds is 4. The third-order valence-electron chi connectivity index (χ3n) is 4.26. The van der Waals surface area contributed by atoms with Crippen LogP contribution in [0.2, 0.25) is 0 Å². The molecule has 0 radical (unpaired) electrons. The maximum atomic E-state index is 12.4. The normalized spacial score (nSPS) is 15.7. The van der Waals surface area contributed by atoms with E-state index in [-0.39, 0.29) is 12.5 Å². The van der Waals surface area contributed by atoms with Crippen molar-refractivity contribution in [3.05, 3.63) is 36.3 Å². The minimum atomic E-state index is -0.204. The third-order valence-corrected chi connectivity index (χ3v) is 4.26. The zero-order valence-corrected chi connectivity index (χ0v) is 13.1. The summed E-state index contributed by atoms with van der Waals surface area (Å²) in [5.41, 5.74) is 1.19. The SMILES string of the molecule is Cn1nccc1C(=O)Nc1cccnc1N1CCC(CO)CC1. The molecule has 0 atom stereocenters. The van der Waals surface area contributed by atoms with E-state index in [1.807, 2.05) is 12.1 Å². The number of hydrogen-bond acceptors (Lipinski definition) is 5. The third kappa shape index (κ3) is 3.34. The van der Waals surface area contributed by atoms with Gasteiger partial charge in [0, 0.05) is 39.1 Å². The van der Waals surface area contributed by atoms with Gasteiger partial charge in [0.2, 0.25) is 0 Å². The van der Waals surface area contributed by atoms with Gasteiger partial charge in [0.15, 0.2) is 5.82 Å². The first kappa shape index (κ1) is 15.5. The van der Waals surface area contributed by atoms with Gasteiger partial charge < -0.3 is 15.3 Å². The summed E-state index contributed by atoms with van der Waals surface area (Å²) in [5, 5.41) is 16.2. The van der Waals surface area contributed by atoms with Crippen LogP contribution in [-0.2, 0) is 7.05 Å². The molecule has 2 aromatic heterocycles. The van der Waals surface area contributed by atoms with Crippen molar-refractivity contribution in [2.45, 2.75) is 12.8 Å². The molecule has 23 heavy (non-hydrogen) atoms. The number of pyridine rings is 1. The smallest absolute Gasteiger partial charge is 0.274 e. The lowest BCUT2D eigenvalue weighted by Gasteiger charge is -2.33. The Balaban J connectivity index is 1.76. The highest BCUT2D eigenvalue weighted by Gasteiger charge is 2.22. The summed E-state index contributed by atoms with van der Waals surface area (Å²) in [6, 6.07) is 5.34. The van der Waals surface area contributed by atoms with E-state index >= 15 is 0 Å². The number of aromatic nitrogens is 3. The fourth-order valence-electron chi connectivity index (χ4n) is 2.86. The number of anilines is 2. The topological polar surface area (TPSA) is 83.3 Å². The van der Waals surface area contributed by atoms with E-state index in [0.717, 1.165) is 31.7 Å². The molecular weight excluding hydrogens is 294 g/mol. The Morgan fingerprint density at radius 3 is 2.78 bits per heavy atom. The summed E-state index contributed by atoms with van der Waals surface area (Å²) >= 11 is 0. The number of aliphatic hydroxyl groups is 1. The number of carbonyl (C=O) groups is 1. The molecule has 0 aliphatic carbocycles. The maximum Gasteiger partial charge on any atom is 0.274 e. The van der Waals surface area contributed by atoms with E-state index in [0.29, 0.717) is 17.3 Å². The minimum Gasteiger partial charge on any atom is -0.396 e. The molecule has 0 saturated carbocycles. The maximum absolute atomic E-state index is 12.4. The number of amides is 1. The Labute approximate surface area is 134 Å². The molecule has 0 spiro atoms. The van der Waals surface area contributed by atoms with Gasteiger partial charge in [-0.05, 0) is 37.0 Å². The van der Waals surface area contributed by atoms with Crippen LogP contribution < -0.4 is 10.2 Å². The van der Waals surface area contributed by atoms with E-state index in [9.17, 15) is 9.90 Å². The second kappa shape index (κ2) is 6.78. The Morgan fingerprint density at radius 1 is 1.35 bits per heavy atom. The number of aliphatic hydroxyl groups excluding tert-OH is 1. The lowest BCUT2D eigenvalue weighted by Crippen LogP contribution is -2.36. The Hall–Kier alpha value is -2.41. The van der Waals surface area contributed by atoms with Gasteiger partial charge in [-0.1, -0.05) is 0 Å². The average molecular weight is 315 g/mol. The molecule has 3 rings (SSSR count). The summed E-state index contributed by atoms with van der Waals surface area (Å²) in [5.74, 6) is 0.936. The number of aryl methyl sites for hydroxylation is 1. The molecule has 0 unspecified atom stereocenters. The van der Waals surface area contributed by atoms with Gasteiger partial charge in [-0.2, -0.15) is 5.10 Å². The van der Waals surface area contributed by atoms with Crippen LogP contribution in [-0.4, -0.2) is 45.5 Å². The van der Waals surface area contributed by atoms with Crippen molar-refractivity contribution < 1.29 is 9.90 Å². The van der Waals surface area contributed by atoms with Gasteiger partial charge in [-0.3, -0.25) is 9.48 Å². The summed E-state index contributed by atoms with van der Waals surface area (Å²) in [6.07, 6.45) is 5.19. The van der Waals surface area contributed by atoms with Gasteiger partial charge in [0.05, 0.1) is 5.69 Å². The molecule has 0 bridgehead atoms. The monoisotopic (exact) mass is 315 g/mol. The lowest BCUT2D eigenvalue weighted by molar-refractivity contribution is 0.101. The Kier molecular flexibility index (Phi) is 4.57. The molecule has 7 nitrogen and oxygen atoms in total. The molecule has 3 heterocycles. The standard InChI is InChI=1S/C16H21N5O2/c1-20-14(4-8-18-20)16(23)19-13-3-2-7-17-15(13)21-9-5-12(11-22)6-10-21/h2-4,7-8,12,22H,5-6,9-11H2,1H3,(H,19,23). The van der Waals surface area contributed by atoms with Gasteiger partial charge in [-0.25, -0.2) is 4.98 Å². The average Bonchev–Trinajstić information content (AvgIpc) is 3.02. The predicted octanol–water partition coefficient (Wildman–Crippen LogP) is 1.28. The van der Waals surface area contributed by atoms with E-state index < -0.39 is 0 Å². The molecule has 2 aromatic rings. The van der Waals surface area contributed by atoms with Crippen molar-refractivity contribution in [2.75, 3.05) is 29.9 Å². The van der Waals surface area contributed by atoms with Crippen LogP contribution in [0.5, 0.6) is 0 Å². The first-order chi connectivity index (χ1) is 11.2. The highest BCUT2D eigenvalue weighted by atomic mass is 16.3. The van der Waals surface area contributed by atoms with Crippen LogP contribution in [0.1, 0.15) is 23.3 Å². The molecule has 7 heteroatoms. The minimum absolute atomic E-state index is 0.204. The number of hydrogen-bond donors (Lipinski definition) is 2. The molecule has 2 N–H and O–H groups in total. The number of carbonyl (C=O) groups excluding carboxylic acids is 1. The predicted molar refractivity (Wildman–Crippen MR) is 87.4 cm³/mol. The fraction of sp³-hybridized carbons (Fsp3) is 0.438. The van der Waals surface area contributed by atoms with Crippen LogP contribution in [0.3, 0.4) is 0 Å². The first-order valence-corrected chi connectivity index (χ1v) is 7.79. The summed E-state index contributed by atoms with van der Waals surface area (Å²) in [7, 11) is 1.73. The van der Waals surface area contributed by atoms with E-state index in [4.69, 9.17) is 0 Å². The second-order valence-electron chi connectivity index (χ2n) is 5.78. The lowest BCUT2D eigenvalue weighted by atomic mass is 9.98. The summed E-state index contributed by atoms with van der Waals surface area (Å²) < 4.78 is 1.54. The first-order valence-electron chi connectivity index (χ1n) is 7.79. The van der Waals surface area contributed by atoms with E-state index in [1.165, 1.54) is 4.68 Å². The molecule has 0 aromatic carbocycles. The molecule has 1 fully saturated rings. The van der Waals surface area contributed by atoms with Gasteiger partial charge in [0.1, 0.15) is 5.69 Å². The van der Waals surface area contributed by atoms with Crippen molar-refractivity contribution >= 4 is 17.4 Å². The van der Waals surface area contributed by atoms with Gasteiger partial charge >= 0.3 is 0 Å². The number of piperidine rings is 1. The zero-order chi connectivity index (χ0) is 16.2. The van der Waals surface area contributed by atoms with Crippen molar-refractivity contribution in [1.82, 2.24) is 14.8 Å². The van der Waals surface area contributed by atoms with Crippen molar-refractivity contribution in [1.29, 1.82) is 0 Å². The van der Waals surface area contributed by atoms with Crippen molar-refractivity contribution in [3.8, 4) is 0 Å². The molecule has 1 saturated heterocycles.